The van der Waals surface area contributed by atoms with E-state index < -0.39 is 0 Å². The van der Waals surface area contributed by atoms with Crippen molar-refractivity contribution in [3.63, 3.8) is 0 Å². The Morgan fingerprint density at radius 2 is 1.22 bits per heavy atom. The highest BCUT2D eigenvalue weighted by molar-refractivity contribution is 5.46. The largest absolute Gasteiger partial charge is 0.383 e. The molecule has 0 saturated heterocycles. The standard InChI is InChI=1S/C15H17FN2/c1-12-2-6-14(7-3-12)17-10-11-18-15-8-4-13(16)5-9-15/h2-9,17-18H,10-11H2,1H3. The summed E-state index contributed by atoms with van der Waals surface area (Å²) in [5.74, 6) is -0.210. The average Bonchev–Trinajstić information content (AvgIpc) is 2.39. The van der Waals surface area contributed by atoms with Crippen molar-refractivity contribution >= 4 is 11.4 Å². The van der Waals surface area contributed by atoms with Gasteiger partial charge in [-0.1, -0.05) is 17.7 Å². The molecule has 0 bridgehead atoms. The molecule has 0 heterocycles. The second-order valence-corrected chi connectivity index (χ2v) is 4.23. The quantitative estimate of drug-likeness (QED) is 0.784. The van der Waals surface area contributed by atoms with Gasteiger partial charge in [0, 0.05) is 24.5 Å². The molecule has 2 aromatic rings. The number of nitrogens with one attached hydrogen (secondary N) is 2. The zero-order chi connectivity index (χ0) is 12.8. The van der Waals surface area contributed by atoms with Crippen molar-refractivity contribution < 1.29 is 4.39 Å². The van der Waals surface area contributed by atoms with Gasteiger partial charge < -0.3 is 10.6 Å². The van der Waals surface area contributed by atoms with E-state index in [-0.39, 0.29) is 5.82 Å². The summed E-state index contributed by atoms with van der Waals surface area (Å²) in [5.41, 5.74) is 3.30. The van der Waals surface area contributed by atoms with Crippen LogP contribution in [0.25, 0.3) is 0 Å². The van der Waals surface area contributed by atoms with Gasteiger partial charge in [-0.3, -0.25) is 0 Å². The number of anilines is 2. The van der Waals surface area contributed by atoms with E-state index in [1.54, 1.807) is 12.1 Å². The van der Waals surface area contributed by atoms with Gasteiger partial charge in [0.15, 0.2) is 0 Å². The van der Waals surface area contributed by atoms with E-state index in [4.69, 9.17) is 0 Å². The fourth-order valence-electron chi connectivity index (χ4n) is 1.65. The summed E-state index contributed by atoms with van der Waals surface area (Å²) >= 11 is 0. The molecule has 0 fully saturated rings. The third-order valence-corrected chi connectivity index (χ3v) is 2.68. The third-order valence-electron chi connectivity index (χ3n) is 2.68. The molecule has 0 unspecified atom stereocenters. The Morgan fingerprint density at radius 1 is 0.778 bits per heavy atom. The number of hydrogen-bond donors (Lipinski definition) is 2. The summed E-state index contributed by atoms with van der Waals surface area (Å²) in [6.07, 6.45) is 0. The summed E-state index contributed by atoms with van der Waals surface area (Å²) in [4.78, 5) is 0. The number of aryl methyl sites for hydroxylation is 1. The molecule has 0 amide bonds. The summed E-state index contributed by atoms with van der Waals surface area (Å²) in [5, 5.41) is 6.54. The maximum Gasteiger partial charge on any atom is 0.123 e. The first-order chi connectivity index (χ1) is 8.74. The van der Waals surface area contributed by atoms with Crippen LogP contribution < -0.4 is 10.6 Å². The Labute approximate surface area is 107 Å². The molecule has 0 aliphatic carbocycles. The van der Waals surface area contributed by atoms with Gasteiger partial charge in [0.1, 0.15) is 5.82 Å². The average molecular weight is 244 g/mol. The highest BCUT2D eigenvalue weighted by Gasteiger charge is 1.93. The Kier molecular flexibility index (Phi) is 4.18. The summed E-state index contributed by atoms with van der Waals surface area (Å²) in [6, 6.07) is 14.7. The van der Waals surface area contributed by atoms with Crippen molar-refractivity contribution in [1.29, 1.82) is 0 Å². The molecular formula is C15H17FN2. The molecule has 0 radical (unpaired) electrons. The van der Waals surface area contributed by atoms with Crippen LogP contribution >= 0.6 is 0 Å². The van der Waals surface area contributed by atoms with Crippen molar-refractivity contribution in [2.45, 2.75) is 6.92 Å². The van der Waals surface area contributed by atoms with E-state index in [0.29, 0.717) is 0 Å². The van der Waals surface area contributed by atoms with Crippen LogP contribution in [0.5, 0.6) is 0 Å². The Hall–Kier alpha value is -2.03. The van der Waals surface area contributed by atoms with E-state index in [1.807, 2.05) is 0 Å². The van der Waals surface area contributed by atoms with Crippen molar-refractivity contribution in [2.75, 3.05) is 23.7 Å². The Balaban J connectivity index is 1.73. The van der Waals surface area contributed by atoms with Crippen molar-refractivity contribution in [3.05, 3.63) is 59.9 Å². The molecule has 0 aliphatic rings. The van der Waals surface area contributed by atoms with Gasteiger partial charge >= 0.3 is 0 Å². The number of rotatable bonds is 5. The number of benzene rings is 2. The molecule has 94 valence electrons. The van der Waals surface area contributed by atoms with Crippen LogP contribution in [-0.2, 0) is 0 Å². The lowest BCUT2D eigenvalue weighted by atomic mass is 10.2. The molecule has 2 nitrogen and oxygen atoms in total. The Bertz CT molecular complexity index is 429. The van der Waals surface area contributed by atoms with E-state index in [1.165, 1.54) is 17.7 Å². The predicted octanol–water partition coefficient (Wildman–Crippen LogP) is 3.66. The van der Waals surface area contributed by atoms with E-state index in [2.05, 4.69) is 41.8 Å². The molecule has 2 aromatic carbocycles. The van der Waals surface area contributed by atoms with Crippen molar-refractivity contribution in [2.24, 2.45) is 0 Å². The molecule has 0 atom stereocenters. The molecule has 0 spiro atoms. The zero-order valence-corrected chi connectivity index (χ0v) is 10.4. The molecule has 0 saturated carbocycles. The molecule has 2 N–H and O–H groups in total. The molecule has 0 aromatic heterocycles. The van der Waals surface area contributed by atoms with Crippen molar-refractivity contribution in [1.82, 2.24) is 0 Å². The van der Waals surface area contributed by atoms with Gasteiger partial charge in [-0.05, 0) is 43.3 Å². The van der Waals surface area contributed by atoms with Crippen LogP contribution in [0.2, 0.25) is 0 Å². The van der Waals surface area contributed by atoms with Crippen LogP contribution in [0.4, 0.5) is 15.8 Å². The zero-order valence-electron chi connectivity index (χ0n) is 10.4. The smallest absolute Gasteiger partial charge is 0.123 e. The van der Waals surface area contributed by atoms with Crippen LogP contribution in [0, 0.1) is 12.7 Å². The number of hydrogen-bond acceptors (Lipinski definition) is 2. The SMILES string of the molecule is Cc1ccc(NCCNc2ccc(F)cc2)cc1. The normalized spacial score (nSPS) is 10.1. The molecule has 3 heteroatoms. The topological polar surface area (TPSA) is 24.1 Å². The van der Waals surface area contributed by atoms with Gasteiger partial charge in [0.25, 0.3) is 0 Å². The van der Waals surface area contributed by atoms with Gasteiger partial charge in [0.2, 0.25) is 0 Å². The van der Waals surface area contributed by atoms with E-state index >= 15 is 0 Å². The second kappa shape index (κ2) is 6.05. The second-order valence-electron chi connectivity index (χ2n) is 4.23. The highest BCUT2D eigenvalue weighted by Crippen LogP contribution is 2.09. The fourth-order valence-corrected chi connectivity index (χ4v) is 1.65. The van der Waals surface area contributed by atoms with Crippen LogP contribution in [-0.4, -0.2) is 13.1 Å². The lowest BCUT2D eigenvalue weighted by molar-refractivity contribution is 0.628. The monoisotopic (exact) mass is 244 g/mol. The van der Waals surface area contributed by atoms with Gasteiger partial charge in [-0.25, -0.2) is 4.39 Å². The van der Waals surface area contributed by atoms with Gasteiger partial charge in [-0.15, -0.1) is 0 Å². The van der Waals surface area contributed by atoms with E-state index in [9.17, 15) is 4.39 Å². The first-order valence-corrected chi connectivity index (χ1v) is 6.04. The van der Waals surface area contributed by atoms with Crippen LogP contribution in [0.1, 0.15) is 5.56 Å². The van der Waals surface area contributed by atoms with Gasteiger partial charge in [-0.2, -0.15) is 0 Å². The Morgan fingerprint density at radius 3 is 1.72 bits per heavy atom. The van der Waals surface area contributed by atoms with Crippen LogP contribution in [0.3, 0.4) is 0 Å². The van der Waals surface area contributed by atoms with E-state index in [0.717, 1.165) is 24.5 Å². The minimum Gasteiger partial charge on any atom is -0.383 e. The van der Waals surface area contributed by atoms with Gasteiger partial charge in [0.05, 0.1) is 0 Å². The lowest BCUT2D eigenvalue weighted by Crippen LogP contribution is -2.13. The maximum atomic E-state index is 12.7. The fraction of sp³-hybridized carbons (Fsp3) is 0.200. The first kappa shape index (κ1) is 12.4. The minimum atomic E-state index is -0.210. The first-order valence-electron chi connectivity index (χ1n) is 6.04. The predicted molar refractivity (Wildman–Crippen MR) is 74.6 cm³/mol. The minimum absolute atomic E-state index is 0.210. The summed E-state index contributed by atoms with van der Waals surface area (Å²) < 4.78 is 12.7. The number of halogens is 1. The highest BCUT2D eigenvalue weighted by atomic mass is 19.1. The van der Waals surface area contributed by atoms with Crippen LogP contribution in [0.15, 0.2) is 48.5 Å². The molecule has 0 aliphatic heterocycles. The molecule has 18 heavy (non-hydrogen) atoms. The summed E-state index contributed by atoms with van der Waals surface area (Å²) in [7, 11) is 0. The molecular weight excluding hydrogens is 227 g/mol. The third kappa shape index (κ3) is 3.77. The molecule has 2 rings (SSSR count). The lowest BCUT2D eigenvalue weighted by Gasteiger charge is -2.09. The van der Waals surface area contributed by atoms with Crippen molar-refractivity contribution in [3.8, 4) is 0 Å². The maximum absolute atomic E-state index is 12.7. The summed E-state index contributed by atoms with van der Waals surface area (Å²) in [6.45, 7) is 3.68.